The number of hydrogen-bond acceptors (Lipinski definition) is 4. The van der Waals surface area contributed by atoms with Crippen LogP contribution in [0, 0.1) is 28.6 Å². The molecule has 2 aliphatic rings. The molecule has 33 heavy (non-hydrogen) atoms. The Hall–Kier alpha value is -1.18. The highest BCUT2D eigenvalue weighted by Crippen LogP contribution is 2.26. The molecule has 2 aliphatic carbocycles. The minimum atomic E-state index is -0.00925. The molecule has 2 rings (SSSR count). The third-order valence-corrected chi connectivity index (χ3v) is 6.51. The molecule has 0 aromatic carbocycles. The number of thioether (sulfide) groups is 1. The molecule has 0 unspecified atom stereocenters. The van der Waals surface area contributed by atoms with Gasteiger partial charge >= 0.3 is 0 Å². The van der Waals surface area contributed by atoms with E-state index in [9.17, 15) is 0 Å². The summed E-state index contributed by atoms with van der Waals surface area (Å²) in [6.07, 6.45) is 13.3. The molecule has 0 aromatic rings. The Morgan fingerprint density at radius 1 is 1.15 bits per heavy atom. The summed E-state index contributed by atoms with van der Waals surface area (Å²) in [7, 11) is 1.72. The Morgan fingerprint density at radius 2 is 1.73 bits per heavy atom. The molecule has 3 nitrogen and oxygen atoms in total. The molecule has 0 aliphatic heterocycles. The summed E-state index contributed by atoms with van der Waals surface area (Å²) in [4.78, 5) is 3.28. The largest absolute Gasteiger partial charge is 0.364 e. The highest BCUT2D eigenvalue weighted by Gasteiger charge is 2.23. The first kappa shape index (κ1) is 31.8. The number of rotatable bonds is 7. The van der Waals surface area contributed by atoms with E-state index in [1.165, 1.54) is 32.1 Å². The second kappa shape index (κ2) is 18.2. The number of nitrogens with one attached hydrogen (secondary N) is 1. The first-order valence-electron chi connectivity index (χ1n) is 13.0. The SMILES string of the molecule is C=C(/C=C(/C#CC(C)(C)C)SCC)N(COC)C1CCC(=N)CC1.CC.CC1CCCCC1. The van der Waals surface area contributed by atoms with Crippen LogP contribution in [-0.4, -0.2) is 36.2 Å². The van der Waals surface area contributed by atoms with E-state index in [1.807, 2.05) is 13.8 Å². The Balaban J connectivity index is 0.000000950. The van der Waals surface area contributed by atoms with Gasteiger partial charge in [0.15, 0.2) is 0 Å². The average Bonchev–Trinajstić information content (AvgIpc) is 2.78. The average molecular weight is 477 g/mol. The Labute approximate surface area is 210 Å². The number of hydrogen-bond donors (Lipinski definition) is 1. The third kappa shape index (κ3) is 15.4. The number of allylic oxidation sites excluding steroid dienone is 2. The fourth-order valence-corrected chi connectivity index (χ4v) is 4.54. The van der Waals surface area contributed by atoms with E-state index < -0.39 is 0 Å². The lowest BCUT2D eigenvalue weighted by Gasteiger charge is -2.36. The summed E-state index contributed by atoms with van der Waals surface area (Å²) < 4.78 is 5.40. The molecule has 0 saturated heterocycles. The van der Waals surface area contributed by atoms with Gasteiger partial charge in [-0.1, -0.05) is 78.2 Å². The second-order valence-corrected chi connectivity index (χ2v) is 11.2. The summed E-state index contributed by atoms with van der Waals surface area (Å²) >= 11 is 1.75. The van der Waals surface area contributed by atoms with Crippen LogP contribution in [0.25, 0.3) is 0 Å². The van der Waals surface area contributed by atoms with Crippen LogP contribution in [0.15, 0.2) is 23.3 Å². The van der Waals surface area contributed by atoms with Crippen molar-refractivity contribution in [3.8, 4) is 11.8 Å². The van der Waals surface area contributed by atoms with E-state index in [0.29, 0.717) is 12.8 Å². The standard InChI is InChI=1S/C20H32N2OS.C7H14.C2H6/c1-7-24-19(12-13-20(3,4)5)14-16(2)22(15-23-6)18-10-8-17(21)9-11-18;1-7-5-3-2-4-6-7;1-2/h14,18,21H,2,7-11,15H2,1,3-6H3;7H,2-6H2,1H3;1-2H3/b19-14-,21-17?;;. The van der Waals surface area contributed by atoms with E-state index in [2.05, 4.69) is 64.0 Å². The van der Waals surface area contributed by atoms with E-state index >= 15 is 0 Å². The molecule has 4 heteroatoms. The topological polar surface area (TPSA) is 36.3 Å². The number of nitrogens with zero attached hydrogens (tertiary/aromatic N) is 1. The van der Waals surface area contributed by atoms with Crippen molar-refractivity contribution >= 4 is 17.5 Å². The van der Waals surface area contributed by atoms with Crippen molar-refractivity contribution in [2.24, 2.45) is 11.3 Å². The molecule has 0 amide bonds. The monoisotopic (exact) mass is 476 g/mol. The highest BCUT2D eigenvalue weighted by atomic mass is 32.2. The summed E-state index contributed by atoms with van der Waals surface area (Å²) in [5.74, 6) is 8.65. The predicted molar refractivity (Wildman–Crippen MR) is 150 cm³/mol. The first-order valence-corrected chi connectivity index (χ1v) is 14.0. The maximum absolute atomic E-state index is 7.80. The maximum atomic E-state index is 7.80. The smallest absolute Gasteiger partial charge is 0.118 e. The van der Waals surface area contributed by atoms with Crippen LogP contribution in [0.4, 0.5) is 0 Å². The van der Waals surface area contributed by atoms with Crippen LogP contribution in [0.2, 0.25) is 0 Å². The van der Waals surface area contributed by atoms with Gasteiger partial charge in [-0.25, -0.2) is 0 Å². The lowest BCUT2D eigenvalue weighted by Crippen LogP contribution is -2.38. The van der Waals surface area contributed by atoms with Crippen molar-refractivity contribution in [3.63, 3.8) is 0 Å². The van der Waals surface area contributed by atoms with Gasteiger partial charge in [-0.15, -0.1) is 11.8 Å². The Bertz CT molecular complexity index is 635. The fraction of sp³-hybridized carbons (Fsp3) is 0.759. The van der Waals surface area contributed by atoms with Gasteiger partial charge in [0, 0.05) is 30.0 Å². The molecule has 190 valence electrons. The second-order valence-electron chi connectivity index (χ2n) is 9.90. The zero-order valence-corrected chi connectivity index (χ0v) is 23.8. The van der Waals surface area contributed by atoms with E-state index in [0.717, 1.165) is 53.7 Å². The van der Waals surface area contributed by atoms with Gasteiger partial charge < -0.3 is 15.0 Å². The Kier molecular flexibility index (Phi) is 17.5. The summed E-state index contributed by atoms with van der Waals surface area (Å²) in [5.41, 5.74) is 1.81. The molecule has 0 bridgehead atoms. The molecule has 0 radical (unpaired) electrons. The number of ether oxygens (including phenoxy) is 1. The minimum absolute atomic E-state index is 0.00925. The molecule has 0 heterocycles. The summed E-state index contributed by atoms with van der Waals surface area (Å²) in [6.45, 7) is 19.7. The van der Waals surface area contributed by atoms with Crippen molar-refractivity contribution in [2.75, 3.05) is 19.6 Å². The van der Waals surface area contributed by atoms with Crippen molar-refractivity contribution in [1.29, 1.82) is 5.41 Å². The van der Waals surface area contributed by atoms with Gasteiger partial charge in [-0.3, -0.25) is 0 Å². The highest BCUT2D eigenvalue weighted by molar-refractivity contribution is 8.03. The van der Waals surface area contributed by atoms with Gasteiger partial charge in [-0.2, -0.15) is 0 Å². The third-order valence-electron chi connectivity index (χ3n) is 5.69. The molecule has 0 aromatic heterocycles. The predicted octanol–water partition coefficient (Wildman–Crippen LogP) is 8.67. The molecule has 1 N–H and O–H groups in total. The molecule has 0 atom stereocenters. The maximum Gasteiger partial charge on any atom is 0.118 e. The molecule has 2 saturated carbocycles. The molecular weight excluding hydrogens is 424 g/mol. The van der Waals surface area contributed by atoms with Gasteiger partial charge in [-0.05, 0) is 64.2 Å². The molecular formula is C29H52N2OS. The van der Waals surface area contributed by atoms with Crippen molar-refractivity contribution < 1.29 is 4.74 Å². The van der Waals surface area contributed by atoms with Gasteiger partial charge in [0.25, 0.3) is 0 Å². The van der Waals surface area contributed by atoms with Crippen molar-refractivity contribution in [2.45, 2.75) is 112 Å². The lowest BCUT2D eigenvalue weighted by molar-refractivity contribution is 0.0559. The van der Waals surface area contributed by atoms with E-state index in [1.54, 1.807) is 18.9 Å². The van der Waals surface area contributed by atoms with Gasteiger partial charge in [0.1, 0.15) is 6.73 Å². The quantitative estimate of drug-likeness (QED) is 0.227. The van der Waals surface area contributed by atoms with Crippen LogP contribution in [0.3, 0.4) is 0 Å². The summed E-state index contributed by atoms with van der Waals surface area (Å²) in [6, 6.07) is 0.395. The zero-order valence-electron chi connectivity index (χ0n) is 23.0. The minimum Gasteiger partial charge on any atom is -0.364 e. The van der Waals surface area contributed by atoms with E-state index in [4.69, 9.17) is 10.1 Å². The number of methoxy groups -OCH3 is 1. The molecule has 0 spiro atoms. The van der Waals surface area contributed by atoms with Crippen LogP contribution in [0.1, 0.15) is 106 Å². The van der Waals surface area contributed by atoms with E-state index in [-0.39, 0.29) is 5.41 Å². The first-order chi connectivity index (χ1) is 15.7. The van der Waals surface area contributed by atoms with Crippen LogP contribution in [-0.2, 0) is 4.74 Å². The lowest BCUT2D eigenvalue weighted by atomic mass is 9.91. The van der Waals surface area contributed by atoms with Crippen molar-refractivity contribution in [1.82, 2.24) is 4.90 Å². The Morgan fingerprint density at radius 3 is 2.15 bits per heavy atom. The normalized spacial score (nSPS) is 19.2. The van der Waals surface area contributed by atoms with Crippen LogP contribution < -0.4 is 0 Å². The zero-order chi connectivity index (χ0) is 25.3. The fourth-order valence-electron chi connectivity index (χ4n) is 3.88. The van der Waals surface area contributed by atoms with Gasteiger partial charge in [0.2, 0.25) is 0 Å². The van der Waals surface area contributed by atoms with Crippen molar-refractivity contribution in [3.05, 3.63) is 23.3 Å². The molecule has 2 fully saturated rings. The van der Waals surface area contributed by atoms with Crippen LogP contribution in [0.5, 0.6) is 0 Å². The van der Waals surface area contributed by atoms with Crippen LogP contribution >= 0.6 is 11.8 Å². The van der Waals surface area contributed by atoms with Gasteiger partial charge in [0.05, 0.1) is 4.91 Å². The summed E-state index contributed by atoms with van der Waals surface area (Å²) in [5, 5.41) is 7.80.